The molecule has 0 aliphatic heterocycles. The van der Waals surface area contributed by atoms with Crippen molar-refractivity contribution < 1.29 is 0 Å². The summed E-state index contributed by atoms with van der Waals surface area (Å²) in [5.41, 5.74) is 2.58. The summed E-state index contributed by atoms with van der Waals surface area (Å²) in [7, 11) is 0. The van der Waals surface area contributed by atoms with Gasteiger partial charge < -0.3 is 4.98 Å². The summed E-state index contributed by atoms with van der Waals surface area (Å²) < 4.78 is 0. The first-order valence-corrected chi connectivity index (χ1v) is 5.49. The first-order chi connectivity index (χ1) is 7.36. The fourth-order valence-corrected chi connectivity index (χ4v) is 2.49. The van der Waals surface area contributed by atoms with E-state index in [2.05, 4.69) is 11.1 Å². The van der Waals surface area contributed by atoms with E-state index in [1.165, 1.54) is 18.4 Å². The molecule has 92 valence electrons. The molecule has 3 rings (SSSR count). The van der Waals surface area contributed by atoms with E-state index in [0.29, 0.717) is 0 Å². The van der Waals surface area contributed by atoms with Crippen molar-refractivity contribution in [1.82, 2.24) is 4.98 Å². The SMILES string of the molecule is Cl.Cl.O=c1[nH]c2c(c3ccccc13)CCCC2. The van der Waals surface area contributed by atoms with Gasteiger partial charge in [-0.1, -0.05) is 18.2 Å². The quantitative estimate of drug-likeness (QED) is 0.784. The Morgan fingerprint density at radius 1 is 0.941 bits per heavy atom. The molecule has 0 unspecified atom stereocenters. The van der Waals surface area contributed by atoms with Gasteiger partial charge in [0.25, 0.3) is 5.56 Å². The average Bonchev–Trinajstić information content (AvgIpc) is 2.30. The summed E-state index contributed by atoms with van der Waals surface area (Å²) in [6, 6.07) is 7.90. The standard InChI is InChI=1S/C13H13NO.2ClH/c15-13-11-7-2-1-5-9(11)10-6-3-4-8-12(10)14-13;;/h1-2,5,7H,3-4,6,8H2,(H,14,15);2*1H. The van der Waals surface area contributed by atoms with Crippen molar-refractivity contribution >= 4 is 35.6 Å². The van der Waals surface area contributed by atoms with Crippen molar-refractivity contribution in [2.75, 3.05) is 0 Å². The Labute approximate surface area is 112 Å². The Morgan fingerprint density at radius 3 is 2.35 bits per heavy atom. The second-order valence-electron chi connectivity index (χ2n) is 4.16. The van der Waals surface area contributed by atoms with Crippen molar-refractivity contribution in [2.24, 2.45) is 0 Å². The van der Waals surface area contributed by atoms with Crippen LogP contribution >= 0.6 is 24.8 Å². The molecule has 1 heterocycles. The molecule has 0 bridgehead atoms. The van der Waals surface area contributed by atoms with Crippen LogP contribution in [0.25, 0.3) is 10.8 Å². The third-order valence-electron chi connectivity index (χ3n) is 3.23. The molecule has 1 aliphatic carbocycles. The van der Waals surface area contributed by atoms with Crippen LogP contribution in [-0.4, -0.2) is 4.98 Å². The maximum Gasteiger partial charge on any atom is 0.256 e. The fourth-order valence-electron chi connectivity index (χ4n) is 2.49. The smallest absolute Gasteiger partial charge is 0.256 e. The molecule has 2 nitrogen and oxygen atoms in total. The largest absolute Gasteiger partial charge is 0.325 e. The van der Waals surface area contributed by atoms with Crippen LogP contribution in [0.5, 0.6) is 0 Å². The molecule has 0 saturated carbocycles. The van der Waals surface area contributed by atoms with Crippen LogP contribution in [0.15, 0.2) is 29.1 Å². The number of pyridine rings is 1. The van der Waals surface area contributed by atoms with E-state index in [-0.39, 0.29) is 30.4 Å². The van der Waals surface area contributed by atoms with Gasteiger partial charge in [0.1, 0.15) is 0 Å². The van der Waals surface area contributed by atoms with Crippen LogP contribution in [0.4, 0.5) is 0 Å². The van der Waals surface area contributed by atoms with Gasteiger partial charge >= 0.3 is 0 Å². The minimum absolute atomic E-state index is 0. The molecule has 0 saturated heterocycles. The minimum Gasteiger partial charge on any atom is -0.325 e. The normalized spacial score (nSPS) is 13.4. The Hall–Kier alpha value is -0.990. The van der Waals surface area contributed by atoms with Gasteiger partial charge in [-0.2, -0.15) is 0 Å². The lowest BCUT2D eigenvalue weighted by Crippen LogP contribution is -2.15. The number of halogens is 2. The Balaban J connectivity index is 0.000000722. The Kier molecular flexibility index (Phi) is 4.61. The van der Waals surface area contributed by atoms with Crippen molar-refractivity contribution in [2.45, 2.75) is 25.7 Å². The number of hydrogen-bond donors (Lipinski definition) is 1. The number of nitrogens with one attached hydrogen (secondary N) is 1. The zero-order valence-electron chi connectivity index (χ0n) is 9.36. The van der Waals surface area contributed by atoms with Gasteiger partial charge in [0.05, 0.1) is 0 Å². The molecule has 1 aromatic heterocycles. The number of fused-ring (bicyclic) bond motifs is 3. The molecule has 1 aliphatic rings. The van der Waals surface area contributed by atoms with E-state index in [1.54, 1.807) is 0 Å². The number of aromatic nitrogens is 1. The summed E-state index contributed by atoms with van der Waals surface area (Å²) in [4.78, 5) is 14.8. The molecule has 0 fully saturated rings. The van der Waals surface area contributed by atoms with Crippen LogP contribution in [0, 0.1) is 0 Å². The van der Waals surface area contributed by atoms with Crippen LogP contribution in [-0.2, 0) is 12.8 Å². The Morgan fingerprint density at radius 2 is 1.59 bits per heavy atom. The van der Waals surface area contributed by atoms with Gasteiger partial charge in [-0.3, -0.25) is 4.79 Å². The predicted molar refractivity (Wildman–Crippen MR) is 75.7 cm³/mol. The molecule has 0 amide bonds. The van der Waals surface area contributed by atoms with Crippen LogP contribution < -0.4 is 5.56 Å². The lowest BCUT2D eigenvalue weighted by molar-refractivity contribution is 0.671. The third kappa shape index (κ3) is 2.33. The topological polar surface area (TPSA) is 32.9 Å². The zero-order valence-corrected chi connectivity index (χ0v) is 11.0. The summed E-state index contributed by atoms with van der Waals surface area (Å²) in [6.07, 6.45) is 4.56. The van der Waals surface area contributed by atoms with Crippen molar-refractivity contribution in [3.63, 3.8) is 0 Å². The molecule has 17 heavy (non-hydrogen) atoms. The van der Waals surface area contributed by atoms with Gasteiger partial charge in [0.2, 0.25) is 0 Å². The average molecular weight is 272 g/mol. The number of aryl methyl sites for hydroxylation is 2. The number of hydrogen-bond acceptors (Lipinski definition) is 1. The second-order valence-corrected chi connectivity index (χ2v) is 4.16. The minimum atomic E-state index is 0. The molecule has 0 radical (unpaired) electrons. The van der Waals surface area contributed by atoms with E-state index in [4.69, 9.17) is 0 Å². The van der Waals surface area contributed by atoms with E-state index < -0.39 is 0 Å². The summed E-state index contributed by atoms with van der Waals surface area (Å²) >= 11 is 0. The number of H-pyrrole nitrogens is 1. The molecule has 1 aromatic carbocycles. The highest BCUT2D eigenvalue weighted by atomic mass is 35.5. The van der Waals surface area contributed by atoms with Crippen molar-refractivity contribution in [1.29, 1.82) is 0 Å². The molecular weight excluding hydrogens is 257 g/mol. The van der Waals surface area contributed by atoms with Gasteiger partial charge in [0.15, 0.2) is 0 Å². The Bertz CT molecular complexity index is 577. The summed E-state index contributed by atoms with van der Waals surface area (Å²) in [5.74, 6) is 0. The predicted octanol–water partition coefficient (Wildman–Crippen LogP) is 3.25. The molecular formula is C13H15Cl2NO. The summed E-state index contributed by atoms with van der Waals surface area (Å²) in [5, 5.41) is 1.98. The molecule has 0 atom stereocenters. The first kappa shape index (κ1) is 14.1. The molecule has 2 aromatic rings. The zero-order chi connectivity index (χ0) is 10.3. The number of aromatic amines is 1. The number of rotatable bonds is 0. The maximum atomic E-state index is 11.8. The van der Waals surface area contributed by atoms with Gasteiger partial charge in [-0.05, 0) is 42.7 Å². The first-order valence-electron chi connectivity index (χ1n) is 5.49. The van der Waals surface area contributed by atoms with Crippen molar-refractivity contribution in [3.05, 3.63) is 45.9 Å². The molecule has 0 spiro atoms. The highest BCUT2D eigenvalue weighted by molar-refractivity contribution is 5.86. The van der Waals surface area contributed by atoms with E-state index in [0.717, 1.165) is 29.3 Å². The lowest BCUT2D eigenvalue weighted by atomic mass is 9.92. The summed E-state index contributed by atoms with van der Waals surface area (Å²) in [6.45, 7) is 0. The second kappa shape index (κ2) is 5.56. The van der Waals surface area contributed by atoms with Crippen LogP contribution in [0.3, 0.4) is 0 Å². The molecule has 1 N–H and O–H groups in total. The maximum absolute atomic E-state index is 11.8. The van der Waals surface area contributed by atoms with Crippen LogP contribution in [0.2, 0.25) is 0 Å². The van der Waals surface area contributed by atoms with E-state index >= 15 is 0 Å². The van der Waals surface area contributed by atoms with Gasteiger partial charge in [0, 0.05) is 11.1 Å². The van der Waals surface area contributed by atoms with Crippen molar-refractivity contribution in [3.8, 4) is 0 Å². The lowest BCUT2D eigenvalue weighted by Gasteiger charge is -2.17. The third-order valence-corrected chi connectivity index (χ3v) is 3.23. The highest BCUT2D eigenvalue weighted by Crippen LogP contribution is 2.24. The monoisotopic (exact) mass is 271 g/mol. The fraction of sp³-hybridized carbons (Fsp3) is 0.308. The van der Waals surface area contributed by atoms with E-state index in [9.17, 15) is 4.79 Å². The van der Waals surface area contributed by atoms with Crippen LogP contribution in [0.1, 0.15) is 24.1 Å². The number of benzene rings is 1. The van der Waals surface area contributed by atoms with E-state index in [1.807, 2.05) is 18.2 Å². The highest BCUT2D eigenvalue weighted by Gasteiger charge is 2.14. The van der Waals surface area contributed by atoms with Gasteiger partial charge in [-0.15, -0.1) is 24.8 Å². The molecule has 4 heteroatoms. The van der Waals surface area contributed by atoms with Gasteiger partial charge in [-0.25, -0.2) is 0 Å².